The second kappa shape index (κ2) is 7.19. The zero-order chi connectivity index (χ0) is 18.7. The van der Waals surface area contributed by atoms with Gasteiger partial charge >= 0.3 is 5.97 Å². The maximum atomic E-state index is 12.2. The quantitative estimate of drug-likeness (QED) is 0.665. The zero-order valence-corrected chi connectivity index (χ0v) is 15.1. The number of benzene rings is 1. The maximum absolute atomic E-state index is 12.2. The van der Waals surface area contributed by atoms with Crippen LogP contribution in [0.1, 0.15) is 19.5 Å². The number of aromatic nitrogens is 1. The number of hydrogen-bond acceptors (Lipinski definition) is 6. The van der Waals surface area contributed by atoms with E-state index >= 15 is 0 Å². The highest BCUT2D eigenvalue weighted by atomic mass is 32.2. The lowest BCUT2D eigenvalue weighted by molar-refractivity contribution is -0.145. The van der Waals surface area contributed by atoms with E-state index in [9.17, 15) is 18.0 Å². The third-order valence-electron chi connectivity index (χ3n) is 3.16. The molecule has 2 aromatic rings. The van der Waals surface area contributed by atoms with Gasteiger partial charge < -0.3 is 10.4 Å². The molecule has 0 spiro atoms. The topological polar surface area (TPSA) is 125 Å². The minimum Gasteiger partial charge on any atom is -0.480 e. The number of sulfonamides is 1. The van der Waals surface area contributed by atoms with Crippen molar-refractivity contribution in [1.82, 2.24) is 10.3 Å². The van der Waals surface area contributed by atoms with Crippen LogP contribution >= 0.6 is 11.3 Å². The lowest BCUT2D eigenvalue weighted by atomic mass is 10.1. The minimum absolute atomic E-state index is 0.104. The Bertz CT molecular complexity index is 876. The highest BCUT2D eigenvalue weighted by molar-refractivity contribution is 7.93. The van der Waals surface area contributed by atoms with Crippen molar-refractivity contribution in [2.24, 2.45) is 0 Å². The summed E-state index contributed by atoms with van der Waals surface area (Å²) in [4.78, 5) is 27.1. The number of nitrogens with zero attached hydrogens (tertiary/aromatic N) is 1. The summed E-state index contributed by atoms with van der Waals surface area (Å²) in [5, 5.41) is 13.0. The van der Waals surface area contributed by atoms with Gasteiger partial charge in [-0.15, -0.1) is 11.3 Å². The molecule has 0 aliphatic heterocycles. The van der Waals surface area contributed by atoms with E-state index in [4.69, 9.17) is 5.11 Å². The number of nitrogens with one attached hydrogen (secondary N) is 2. The molecule has 8 nitrogen and oxygen atoms in total. The van der Waals surface area contributed by atoms with Crippen LogP contribution in [0.25, 0.3) is 0 Å². The van der Waals surface area contributed by atoms with Crippen LogP contribution < -0.4 is 10.0 Å². The molecule has 1 heterocycles. The first-order chi connectivity index (χ1) is 11.6. The molecule has 10 heteroatoms. The van der Waals surface area contributed by atoms with Gasteiger partial charge in [0, 0.05) is 5.38 Å². The molecule has 134 valence electrons. The Morgan fingerprint density at radius 3 is 2.48 bits per heavy atom. The molecule has 1 aromatic heterocycles. The van der Waals surface area contributed by atoms with Crippen molar-refractivity contribution in [3.63, 3.8) is 0 Å². The van der Waals surface area contributed by atoms with Gasteiger partial charge in [-0.05, 0) is 26.0 Å². The minimum atomic E-state index is -3.75. The highest BCUT2D eigenvalue weighted by Gasteiger charge is 2.29. The summed E-state index contributed by atoms with van der Waals surface area (Å²) in [5.41, 5.74) is -1.06. The van der Waals surface area contributed by atoms with E-state index in [0.717, 1.165) is 11.3 Å². The molecule has 1 amide bonds. The van der Waals surface area contributed by atoms with Gasteiger partial charge in [0.25, 0.3) is 10.0 Å². The number of carbonyl (C=O) groups is 2. The van der Waals surface area contributed by atoms with Crippen LogP contribution in [0, 0.1) is 0 Å². The third-order valence-corrected chi connectivity index (χ3v) is 5.45. The summed E-state index contributed by atoms with van der Waals surface area (Å²) in [6.45, 7) is 2.74. The fourth-order valence-electron chi connectivity index (χ4n) is 1.82. The van der Waals surface area contributed by atoms with Crippen LogP contribution in [0.4, 0.5) is 5.13 Å². The Balaban J connectivity index is 2.03. The third kappa shape index (κ3) is 5.00. The molecule has 1 aromatic carbocycles. The van der Waals surface area contributed by atoms with Gasteiger partial charge in [-0.25, -0.2) is 18.2 Å². The van der Waals surface area contributed by atoms with Gasteiger partial charge in [-0.1, -0.05) is 18.2 Å². The Hall–Kier alpha value is -2.46. The van der Waals surface area contributed by atoms with E-state index in [1.165, 1.54) is 31.4 Å². The van der Waals surface area contributed by atoms with E-state index < -0.39 is 27.4 Å². The summed E-state index contributed by atoms with van der Waals surface area (Å²) in [6.07, 6.45) is -0.153. The number of aliphatic carboxylic acids is 1. The predicted molar refractivity (Wildman–Crippen MR) is 92.9 cm³/mol. The van der Waals surface area contributed by atoms with Gasteiger partial charge in [0.2, 0.25) is 5.91 Å². The van der Waals surface area contributed by atoms with Gasteiger partial charge in [0.1, 0.15) is 5.54 Å². The SMILES string of the molecule is CC(C)(NC(=O)Cc1csc(NS(=O)(=O)c2ccccc2)n1)C(=O)O. The molecule has 0 bridgehead atoms. The Morgan fingerprint density at radius 2 is 1.88 bits per heavy atom. The Labute approximate surface area is 149 Å². The highest BCUT2D eigenvalue weighted by Crippen LogP contribution is 2.20. The first-order valence-electron chi connectivity index (χ1n) is 7.17. The van der Waals surface area contributed by atoms with Crippen LogP contribution in [0.2, 0.25) is 0 Å². The number of carboxylic acid groups (broad SMARTS) is 1. The van der Waals surface area contributed by atoms with Crippen LogP contribution in [-0.2, 0) is 26.0 Å². The molecule has 0 saturated carbocycles. The fourth-order valence-corrected chi connectivity index (χ4v) is 3.80. The normalized spacial score (nSPS) is 11.8. The number of amides is 1. The standard InChI is InChI=1S/C15H17N3O5S2/c1-15(2,13(20)21)17-12(19)8-10-9-24-14(16-10)18-25(22,23)11-6-4-3-5-7-11/h3-7,9H,8H2,1-2H3,(H,16,18)(H,17,19)(H,20,21). The lowest BCUT2D eigenvalue weighted by Crippen LogP contribution is -2.50. The number of carbonyl (C=O) groups excluding carboxylic acids is 1. The molecule has 0 aliphatic carbocycles. The molecule has 2 rings (SSSR count). The van der Waals surface area contributed by atoms with Gasteiger partial charge in [-0.2, -0.15) is 0 Å². The second-order valence-corrected chi connectivity index (χ2v) is 8.26. The lowest BCUT2D eigenvalue weighted by Gasteiger charge is -2.20. The fraction of sp³-hybridized carbons (Fsp3) is 0.267. The molecule has 0 fully saturated rings. The number of carboxylic acids is 1. The molecule has 0 radical (unpaired) electrons. The number of rotatable bonds is 7. The average Bonchev–Trinajstić information content (AvgIpc) is 2.93. The first-order valence-corrected chi connectivity index (χ1v) is 9.53. The van der Waals surface area contributed by atoms with Crippen molar-refractivity contribution < 1.29 is 23.1 Å². The smallest absolute Gasteiger partial charge is 0.328 e. The van der Waals surface area contributed by atoms with Gasteiger partial charge in [0.15, 0.2) is 5.13 Å². The average molecular weight is 383 g/mol. The predicted octanol–water partition coefficient (Wildman–Crippen LogP) is 1.47. The number of hydrogen-bond donors (Lipinski definition) is 3. The summed E-state index contributed by atoms with van der Waals surface area (Å²) in [7, 11) is -3.75. The van der Waals surface area contributed by atoms with Crippen molar-refractivity contribution >= 4 is 38.4 Å². The second-order valence-electron chi connectivity index (χ2n) is 5.72. The molecular weight excluding hydrogens is 366 g/mol. The first kappa shape index (κ1) is 18.9. The van der Waals surface area contributed by atoms with Crippen molar-refractivity contribution in [3.8, 4) is 0 Å². The molecule has 25 heavy (non-hydrogen) atoms. The van der Waals surface area contributed by atoms with Crippen molar-refractivity contribution in [2.45, 2.75) is 30.7 Å². The molecule has 0 saturated heterocycles. The van der Waals surface area contributed by atoms with Crippen molar-refractivity contribution in [3.05, 3.63) is 41.4 Å². The summed E-state index contributed by atoms with van der Waals surface area (Å²) in [6, 6.07) is 7.83. The van der Waals surface area contributed by atoms with E-state index in [-0.39, 0.29) is 16.4 Å². The molecule has 0 unspecified atom stereocenters. The largest absolute Gasteiger partial charge is 0.480 e. The van der Waals surface area contributed by atoms with Crippen LogP contribution in [0.15, 0.2) is 40.6 Å². The van der Waals surface area contributed by atoms with E-state index in [2.05, 4.69) is 15.0 Å². The summed E-state index contributed by atoms with van der Waals surface area (Å²) in [5.74, 6) is -1.68. The summed E-state index contributed by atoms with van der Waals surface area (Å²) >= 11 is 1.04. The zero-order valence-electron chi connectivity index (χ0n) is 13.5. The van der Waals surface area contributed by atoms with Crippen molar-refractivity contribution in [1.29, 1.82) is 0 Å². The Morgan fingerprint density at radius 1 is 1.24 bits per heavy atom. The summed E-state index contributed by atoms with van der Waals surface area (Å²) < 4.78 is 26.8. The van der Waals surface area contributed by atoms with Crippen LogP contribution in [0.5, 0.6) is 0 Å². The van der Waals surface area contributed by atoms with Crippen LogP contribution in [-0.4, -0.2) is 35.9 Å². The number of anilines is 1. The monoisotopic (exact) mass is 383 g/mol. The van der Waals surface area contributed by atoms with Gasteiger partial charge in [0.05, 0.1) is 17.0 Å². The van der Waals surface area contributed by atoms with Crippen LogP contribution in [0.3, 0.4) is 0 Å². The Kier molecular flexibility index (Phi) is 5.43. The van der Waals surface area contributed by atoms with E-state index in [1.54, 1.807) is 18.2 Å². The maximum Gasteiger partial charge on any atom is 0.328 e. The van der Waals surface area contributed by atoms with E-state index in [0.29, 0.717) is 5.69 Å². The molecule has 3 N–H and O–H groups in total. The van der Waals surface area contributed by atoms with E-state index in [1.807, 2.05) is 0 Å². The molecule has 0 aliphatic rings. The number of thiazole rings is 1. The molecule has 0 atom stereocenters. The van der Waals surface area contributed by atoms with Crippen molar-refractivity contribution in [2.75, 3.05) is 4.72 Å². The molecular formula is C15H17N3O5S2. The van der Waals surface area contributed by atoms with Gasteiger partial charge in [-0.3, -0.25) is 9.52 Å².